The van der Waals surface area contributed by atoms with Gasteiger partial charge in [0.05, 0.1) is 13.7 Å². The summed E-state index contributed by atoms with van der Waals surface area (Å²) in [6.45, 7) is 2.13. The summed E-state index contributed by atoms with van der Waals surface area (Å²) in [5.74, 6) is 0.713. The maximum atomic E-state index is 13.1. The van der Waals surface area contributed by atoms with Crippen LogP contribution in [-0.2, 0) is 17.9 Å². The Morgan fingerprint density at radius 1 is 1.21 bits per heavy atom. The van der Waals surface area contributed by atoms with Gasteiger partial charge in [0.25, 0.3) is 0 Å². The van der Waals surface area contributed by atoms with Crippen molar-refractivity contribution in [3.63, 3.8) is 0 Å². The minimum absolute atomic E-state index is 0.223. The van der Waals surface area contributed by atoms with E-state index in [1.807, 2.05) is 24.3 Å². The predicted molar refractivity (Wildman–Crippen MR) is 104 cm³/mol. The summed E-state index contributed by atoms with van der Waals surface area (Å²) in [4.78, 5) is 14.1. The van der Waals surface area contributed by atoms with E-state index in [1.165, 1.54) is 12.1 Å². The van der Waals surface area contributed by atoms with E-state index in [2.05, 4.69) is 5.16 Å². The van der Waals surface area contributed by atoms with Crippen molar-refractivity contribution in [3.05, 3.63) is 71.7 Å². The molecule has 5 nitrogen and oxygen atoms in total. The molecule has 146 valence electrons. The lowest BCUT2D eigenvalue weighted by molar-refractivity contribution is -0.131. The second-order valence-electron chi connectivity index (χ2n) is 6.35. The van der Waals surface area contributed by atoms with Crippen molar-refractivity contribution in [1.82, 2.24) is 10.1 Å². The van der Waals surface area contributed by atoms with Gasteiger partial charge >= 0.3 is 0 Å². The lowest BCUT2D eigenvalue weighted by Gasteiger charge is -2.23. The van der Waals surface area contributed by atoms with Gasteiger partial charge in [0.15, 0.2) is 5.76 Å². The third kappa shape index (κ3) is 4.89. The first-order valence-electron chi connectivity index (χ1n) is 8.73. The first-order chi connectivity index (χ1) is 13.5. The minimum Gasteiger partial charge on any atom is -0.497 e. The molecule has 0 aliphatic rings. The van der Waals surface area contributed by atoms with Crippen LogP contribution in [0.2, 0.25) is 0 Å². The molecule has 0 radical (unpaired) electrons. The zero-order chi connectivity index (χ0) is 20.1. The van der Waals surface area contributed by atoms with Crippen LogP contribution in [0.5, 0.6) is 5.75 Å². The van der Waals surface area contributed by atoms with E-state index >= 15 is 0 Å². The molecule has 0 spiro atoms. The summed E-state index contributed by atoms with van der Waals surface area (Å²) in [6.07, 6.45) is 0. The smallest absolute Gasteiger partial charge is 0.240 e. The van der Waals surface area contributed by atoms with E-state index < -0.39 is 5.38 Å². The highest BCUT2D eigenvalue weighted by Crippen LogP contribution is 2.25. The zero-order valence-corrected chi connectivity index (χ0v) is 16.3. The van der Waals surface area contributed by atoms with Crippen molar-refractivity contribution in [2.24, 2.45) is 0 Å². The number of nitrogens with zero attached hydrogens (tertiary/aromatic N) is 2. The van der Waals surface area contributed by atoms with Crippen LogP contribution < -0.4 is 4.74 Å². The van der Waals surface area contributed by atoms with Crippen LogP contribution in [0.4, 0.5) is 4.39 Å². The van der Waals surface area contributed by atoms with Crippen LogP contribution in [0, 0.1) is 5.82 Å². The van der Waals surface area contributed by atoms with Crippen molar-refractivity contribution < 1.29 is 18.4 Å². The van der Waals surface area contributed by atoms with E-state index in [9.17, 15) is 9.18 Å². The maximum absolute atomic E-state index is 13.1. The number of aromatic nitrogens is 1. The van der Waals surface area contributed by atoms with Crippen molar-refractivity contribution in [1.29, 1.82) is 0 Å². The maximum Gasteiger partial charge on any atom is 0.240 e. The Bertz CT molecular complexity index is 941. The second kappa shape index (κ2) is 8.89. The second-order valence-corrected chi connectivity index (χ2v) is 7.01. The molecule has 0 saturated carbocycles. The van der Waals surface area contributed by atoms with Crippen LogP contribution in [0.3, 0.4) is 0 Å². The lowest BCUT2D eigenvalue weighted by atomic mass is 10.1. The SMILES string of the molecule is COc1cccc(-c2cc(CN(Cc3ccc(F)cc3)C(=O)[C@@H](C)Cl)no2)c1. The summed E-state index contributed by atoms with van der Waals surface area (Å²) in [5.41, 5.74) is 2.20. The number of alkyl halides is 1. The molecule has 0 saturated heterocycles. The minimum atomic E-state index is -0.690. The molecule has 1 atom stereocenters. The number of amides is 1. The van der Waals surface area contributed by atoms with E-state index in [0.29, 0.717) is 17.2 Å². The number of ether oxygens (including phenoxy) is 1. The Kier molecular flexibility index (Phi) is 6.31. The Labute approximate surface area is 167 Å². The molecule has 1 amide bonds. The summed E-state index contributed by atoms with van der Waals surface area (Å²) in [7, 11) is 1.59. The standard InChI is InChI=1S/C21H20ClFN2O3/c1-14(22)21(26)25(12-15-6-8-17(23)9-7-15)13-18-11-20(28-24-18)16-4-3-5-19(10-16)27-2/h3-11,14H,12-13H2,1-2H3/t14-/m1/s1. The monoisotopic (exact) mass is 402 g/mol. The van der Waals surface area contributed by atoms with E-state index in [-0.39, 0.29) is 24.8 Å². The van der Waals surface area contributed by atoms with Gasteiger partial charge < -0.3 is 14.2 Å². The molecule has 1 aromatic heterocycles. The molecule has 3 aromatic rings. The predicted octanol–water partition coefficient (Wildman–Crippen LogP) is 4.65. The van der Waals surface area contributed by atoms with Crippen molar-refractivity contribution in [3.8, 4) is 17.1 Å². The van der Waals surface area contributed by atoms with Crippen molar-refractivity contribution >= 4 is 17.5 Å². The number of hydrogen-bond acceptors (Lipinski definition) is 4. The summed E-state index contributed by atoms with van der Waals surface area (Å²) < 4.78 is 23.8. The Balaban J connectivity index is 1.79. The molecule has 0 unspecified atom stereocenters. The largest absolute Gasteiger partial charge is 0.497 e. The summed E-state index contributed by atoms with van der Waals surface area (Å²) in [6, 6.07) is 15.2. The average Bonchev–Trinajstić information content (AvgIpc) is 3.17. The fourth-order valence-electron chi connectivity index (χ4n) is 2.77. The normalized spacial score (nSPS) is 11.9. The number of hydrogen-bond donors (Lipinski definition) is 0. The highest BCUT2D eigenvalue weighted by atomic mass is 35.5. The molecular weight excluding hydrogens is 383 g/mol. The highest BCUT2D eigenvalue weighted by molar-refractivity contribution is 6.30. The van der Waals surface area contributed by atoms with Crippen LogP contribution in [0.15, 0.2) is 59.1 Å². The molecule has 0 aliphatic heterocycles. The van der Waals surface area contributed by atoms with Gasteiger partial charge in [-0.25, -0.2) is 4.39 Å². The van der Waals surface area contributed by atoms with Crippen LogP contribution >= 0.6 is 11.6 Å². The van der Waals surface area contributed by atoms with Crippen molar-refractivity contribution in [2.75, 3.05) is 7.11 Å². The van der Waals surface area contributed by atoms with Gasteiger partial charge in [0, 0.05) is 18.2 Å². The molecule has 0 fully saturated rings. The fourth-order valence-corrected chi connectivity index (χ4v) is 2.91. The molecule has 0 N–H and O–H groups in total. The molecular formula is C21H20ClFN2O3. The molecule has 28 heavy (non-hydrogen) atoms. The van der Waals surface area contributed by atoms with Gasteiger partial charge in [-0.2, -0.15) is 0 Å². The average molecular weight is 403 g/mol. The van der Waals surface area contributed by atoms with Gasteiger partial charge in [-0.15, -0.1) is 11.6 Å². The van der Waals surface area contributed by atoms with Crippen LogP contribution in [0.1, 0.15) is 18.2 Å². The molecule has 1 heterocycles. The molecule has 0 bridgehead atoms. The Morgan fingerprint density at radius 2 is 1.96 bits per heavy atom. The van der Waals surface area contributed by atoms with Crippen molar-refractivity contribution in [2.45, 2.75) is 25.4 Å². The van der Waals surface area contributed by atoms with E-state index in [0.717, 1.165) is 11.1 Å². The topological polar surface area (TPSA) is 55.6 Å². The third-order valence-electron chi connectivity index (χ3n) is 4.20. The molecule has 3 rings (SSSR count). The van der Waals surface area contributed by atoms with Gasteiger partial charge in [0.2, 0.25) is 5.91 Å². The third-order valence-corrected chi connectivity index (χ3v) is 4.39. The summed E-state index contributed by atoms with van der Waals surface area (Å²) in [5, 5.41) is 3.38. The van der Waals surface area contributed by atoms with E-state index in [4.69, 9.17) is 20.9 Å². The fraction of sp³-hybridized carbons (Fsp3) is 0.238. The number of rotatable bonds is 7. The molecule has 2 aromatic carbocycles. The number of methoxy groups -OCH3 is 1. The highest BCUT2D eigenvalue weighted by Gasteiger charge is 2.21. The van der Waals surface area contributed by atoms with Crippen LogP contribution in [0.25, 0.3) is 11.3 Å². The van der Waals surface area contributed by atoms with E-state index in [1.54, 1.807) is 37.1 Å². The first-order valence-corrected chi connectivity index (χ1v) is 9.17. The zero-order valence-electron chi connectivity index (χ0n) is 15.6. The summed E-state index contributed by atoms with van der Waals surface area (Å²) >= 11 is 6.01. The number of benzene rings is 2. The van der Waals surface area contributed by atoms with Gasteiger partial charge in [0.1, 0.15) is 22.6 Å². The van der Waals surface area contributed by atoms with Gasteiger partial charge in [-0.05, 0) is 36.8 Å². The number of carbonyl (C=O) groups is 1. The molecule has 0 aliphatic carbocycles. The Hall–Kier alpha value is -2.86. The Morgan fingerprint density at radius 3 is 2.64 bits per heavy atom. The first kappa shape index (κ1) is 19.9. The number of carbonyl (C=O) groups excluding carboxylic acids is 1. The van der Waals surface area contributed by atoms with Gasteiger partial charge in [-0.1, -0.05) is 29.4 Å². The van der Waals surface area contributed by atoms with Gasteiger partial charge in [-0.3, -0.25) is 4.79 Å². The quantitative estimate of drug-likeness (QED) is 0.540. The van der Waals surface area contributed by atoms with Crippen LogP contribution in [-0.4, -0.2) is 28.5 Å². The lowest BCUT2D eigenvalue weighted by Crippen LogP contribution is -2.34. The molecule has 7 heteroatoms. The number of halogens is 2.